The van der Waals surface area contributed by atoms with Crippen LogP contribution >= 0.6 is 0 Å². The third-order valence-electron chi connectivity index (χ3n) is 4.78. The molecule has 0 unspecified atom stereocenters. The van der Waals surface area contributed by atoms with E-state index in [4.69, 9.17) is 9.26 Å². The molecule has 2 amide bonds. The van der Waals surface area contributed by atoms with Crippen LogP contribution in [0, 0.1) is 6.92 Å². The number of ether oxygens (including phenoxy) is 1. The maximum Gasteiger partial charge on any atom is 0.317 e. The number of amides is 2. The van der Waals surface area contributed by atoms with Crippen molar-refractivity contribution in [3.8, 4) is 0 Å². The van der Waals surface area contributed by atoms with Crippen molar-refractivity contribution in [1.82, 2.24) is 20.4 Å². The third kappa shape index (κ3) is 5.79. The van der Waals surface area contributed by atoms with Gasteiger partial charge in [0.2, 0.25) is 5.89 Å². The molecule has 0 bridgehead atoms. The Hall–Kier alpha value is -2.41. The van der Waals surface area contributed by atoms with Crippen LogP contribution in [0.25, 0.3) is 0 Å². The molecular weight excluding hydrogens is 356 g/mol. The molecule has 1 aliphatic rings. The fourth-order valence-electron chi connectivity index (χ4n) is 3.23. The fourth-order valence-corrected chi connectivity index (χ4v) is 3.23. The van der Waals surface area contributed by atoms with Gasteiger partial charge in [-0.1, -0.05) is 29.4 Å². The highest BCUT2D eigenvalue weighted by atomic mass is 16.5. The number of rotatable bonds is 5. The van der Waals surface area contributed by atoms with E-state index in [-0.39, 0.29) is 17.6 Å². The molecule has 7 nitrogen and oxygen atoms in total. The van der Waals surface area contributed by atoms with Gasteiger partial charge in [0.05, 0.1) is 12.2 Å². The second-order valence-corrected chi connectivity index (χ2v) is 8.32. The standard InChI is InChI=1S/C21H30N4O3/c1-15-23-19(28-24-15)18-8-10-25(11-9-18)20(26)22-13-16-6-5-7-17(12-16)14-27-21(2,3)4/h5-7,12,18H,8-11,13-14H2,1-4H3,(H,22,26). The summed E-state index contributed by atoms with van der Waals surface area (Å²) in [6.07, 6.45) is 1.68. The predicted molar refractivity (Wildman–Crippen MR) is 106 cm³/mol. The number of hydrogen-bond donors (Lipinski definition) is 1. The lowest BCUT2D eigenvalue weighted by Crippen LogP contribution is -2.43. The van der Waals surface area contributed by atoms with E-state index >= 15 is 0 Å². The topological polar surface area (TPSA) is 80.5 Å². The number of nitrogens with zero attached hydrogens (tertiary/aromatic N) is 3. The number of hydrogen-bond acceptors (Lipinski definition) is 5. The third-order valence-corrected chi connectivity index (χ3v) is 4.78. The predicted octanol–water partition coefficient (Wildman–Crippen LogP) is 3.78. The number of nitrogens with one attached hydrogen (secondary N) is 1. The van der Waals surface area contributed by atoms with Gasteiger partial charge < -0.3 is 19.5 Å². The summed E-state index contributed by atoms with van der Waals surface area (Å²) in [7, 11) is 0. The van der Waals surface area contributed by atoms with Crippen LogP contribution in [0.2, 0.25) is 0 Å². The van der Waals surface area contributed by atoms with Crippen molar-refractivity contribution in [2.45, 2.75) is 65.2 Å². The molecule has 1 aromatic heterocycles. The summed E-state index contributed by atoms with van der Waals surface area (Å²) in [4.78, 5) is 18.7. The fraction of sp³-hybridized carbons (Fsp3) is 0.571. The van der Waals surface area contributed by atoms with Crippen molar-refractivity contribution in [2.24, 2.45) is 0 Å². The number of carbonyl (C=O) groups excluding carboxylic acids is 1. The molecule has 7 heteroatoms. The summed E-state index contributed by atoms with van der Waals surface area (Å²) in [5.74, 6) is 1.59. The molecule has 0 atom stereocenters. The van der Waals surface area contributed by atoms with E-state index in [9.17, 15) is 4.79 Å². The summed E-state index contributed by atoms with van der Waals surface area (Å²) >= 11 is 0. The van der Waals surface area contributed by atoms with E-state index in [2.05, 4.69) is 21.5 Å². The zero-order valence-corrected chi connectivity index (χ0v) is 17.2. The number of likely N-dealkylation sites (tertiary alicyclic amines) is 1. The second kappa shape index (κ2) is 8.73. The van der Waals surface area contributed by atoms with Gasteiger partial charge in [-0.2, -0.15) is 4.98 Å². The van der Waals surface area contributed by atoms with Gasteiger partial charge in [0.25, 0.3) is 0 Å². The van der Waals surface area contributed by atoms with Crippen LogP contribution in [0.1, 0.15) is 62.4 Å². The van der Waals surface area contributed by atoms with Crippen molar-refractivity contribution in [3.63, 3.8) is 0 Å². The molecule has 2 heterocycles. The van der Waals surface area contributed by atoms with Gasteiger partial charge >= 0.3 is 6.03 Å². The molecule has 1 N–H and O–H groups in total. The van der Waals surface area contributed by atoms with Crippen molar-refractivity contribution < 1.29 is 14.1 Å². The van der Waals surface area contributed by atoms with Crippen molar-refractivity contribution in [1.29, 1.82) is 0 Å². The van der Waals surface area contributed by atoms with Crippen LogP contribution in [-0.4, -0.2) is 39.8 Å². The lowest BCUT2D eigenvalue weighted by molar-refractivity contribution is -0.0149. The Bertz CT molecular complexity index is 789. The SMILES string of the molecule is Cc1noc(C2CCN(C(=O)NCc3cccc(COC(C)(C)C)c3)CC2)n1. The molecule has 0 aliphatic carbocycles. The van der Waals surface area contributed by atoms with E-state index in [0.717, 1.165) is 24.0 Å². The average molecular weight is 386 g/mol. The van der Waals surface area contributed by atoms with Gasteiger partial charge in [-0.05, 0) is 51.7 Å². The quantitative estimate of drug-likeness (QED) is 0.846. The Balaban J connectivity index is 1.46. The minimum Gasteiger partial charge on any atom is -0.371 e. The van der Waals surface area contributed by atoms with E-state index in [1.54, 1.807) is 0 Å². The number of benzene rings is 1. The van der Waals surface area contributed by atoms with Crippen molar-refractivity contribution in [3.05, 3.63) is 47.1 Å². The highest BCUT2D eigenvalue weighted by Crippen LogP contribution is 2.26. The minimum atomic E-state index is -0.170. The first-order chi connectivity index (χ1) is 13.3. The maximum atomic E-state index is 12.5. The maximum absolute atomic E-state index is 12.5. The van der Waals surface area contributed by atoms with Crippen LogP contribution in [0.15, 0.2) is 28.8 Å². The first kappa shape index (κ1) is 20.3. The number of aromatic nitrogens is 2. The van der Waals surface area contributed by atoms with E-state index in [0.29, 0.717) is 38.0 Å². The highest BCUT2D eigenvalue weighted by Gasteiger charge is 2.27. The van der Waals surface area contributed by atoms with E-state index in [1.807, 2.05) is 50.8 Å². The molecule has 3 rings (SSSR count). The monoisotopic (exact) mass is 386 g/mol. The average Bonchev–Trinajstić information content (AvgIpc) is 3.11. The Labute approximate surface area is 166 Å². The van der Waals surface area contributed by atoms with Gasteiger partial charge in [0.15, 0.2) is 5.82 Å². The largest absolute Gasteiger partial charge is 0.371 e. The Kier molecular flexibility index (Phi) is 6.34. The minimum absolute atomic E-state index is 0.0310. The van der Waals surface area contributed by atoms with E-state index < -0.39 is 0 Å². The smallest absolute Gasteiger partial charge is 0.317 e. The van der Waals surface area contributed by atoms with Crippen molar-refractivity contribution >= 4 is 6.03 Å². The van der Waals surface area contributed by atoms with Gasteiger partial charge in [0.1, 0.15) is 0 Å². The normalized spacial score (nSPS) is 15.6. The van der Waals surface area contributed by atoms with Crippen LogP contribution in [0.4, 0.5) is 4.79 Å². The van der Waals surface area contributed by atoms with Gasteiger partial charge in [0, 0.05) is 25.6 Å². The summed E-state index contributed by atoms with van der Waals surface area (Å²) in [5, 5.41) is 6.88. The Morgan fingerprint density at radius 2 is 2.00 bits per heavy atom. The van der Waals surface area contributed by atoms with Crippen LogP contribution in [0.5, 0.6) is 0 Å². The lowest BCUT2D eigenvalue weighted by Gasteiger charge is -2.30. The van der Waals surface area contributed by atoms with Crippen LogP contribution in [0.3, 0.4) is 0 Å². The molecule has 0 spiro atoms. The molecule has 0 radical (unpaired) electrons. The first-order valence-electron chi connectivity index (χ1n) is 9.85. The molecular formula is C21H30N4O3. The Morgan fingerprint density at radius 1 is 1.29 bits per heavy atom. The molecule has 28 heavy (non-hydrogen) atoms. The van der Waals surface area contributed by atoms with Crippen LogP contribution in [-0.2, 0) is 17.9 Å². The molecule has 1 aromatic carbocycles. The Morgan fingerprint density at radius 3 is 2.64 bits per heavy atom. The van der Waals surface area contributed by atoms with Crippen molar-refractivity contribution in [2.75, 3.05) is 13.1 Å². The second-order valence-electron chi connectivity index (χ2n) is 8.32. The van der Waals surface area contributed by atoms with E-state index in [1.165, 1.54) is 0 Å². The number of piperidine rings is 1. The van der Waals surface area contributed by atoms with Gasteiger partial charge in [-0.15, -0.1) is 0 Å². The number of urea groups is 1. The van der Waals surface area contributed by atoms with Gasteiger partial charge in [-0.3, -0.25) is 0 Å². The number of carbonyl (C=O) groups is 1. The summed E-state index contributed by atoms with van der Waals surface area (Å²) < 4.78 is 11.1. The lowest BCUT2D eigenvalue weighted by atomic mass is 9.97. The van der Waals surface area contributed by atoms with Crippen LogP contribution < -0.4 is 5.32 Å². The molecule has 152 valence electrons. The summed E-state index contributed by atoms with van der Waals surface area (Å²) in [6, 6.07) is 8.11. The molecule has 1 saturated heterocycles. The summed E-state index contributed by atoms with van der Waals surface area (Å²) in [6.45, 7) is 10.4. The first-order valence-corrected chi connectivity index (χ1v) is 9.85. The molecule has 2 aromatic rings. The number of aryl methyl sites for hydroxylation is 1. The van der Waals surface area contributed by atoms with Gasteiger partial charge in [-0.25, -0.2) is 4.79 Å². The molecule has 0 saturated carbocycles. The zero-order chi connectivity index (χ0) is 20.1. The zero-order valence-electron chi connectivity index (χ0n) is 17.2. The highest BCUT2D eigenvalue weighted by molar-refractivity contribution is 5.74. The molecule has 1 aliphatic heterocycles. The summed E-state index contributed by atoms with van der Waals surface area (Å²) in [5.41, 5.74) is 2.01. The molecule has 1 fully saturated rings.